The van der Waals surface area contributed by atoms with Crippen LogP contribution < -0.4 is 0 Å². The van der Waals surface area contributed by atoms with Gasteiger partial charge >= 0.3 is 11.9 Å². The minimum absolute atomic E-state index is 0.0936. The van der Waals surface area contributed by atoms with Crippen molar-refractivity contribution in [1.82, 2.24) is 9.80 Å². The molecule has 0 radical (unpaired) electrons. The van der Waals surface area contributed by atoms with E-state index < -0.39 is 0 Å². The highest BCUT2D eigenvalue weighted by molar-refractivity contribution is 8.76. The SMILES string of the molecule is CC.CCCCCCCOC(=O)CCCSSCCCC(=O)N(CCCN(C)C)CCC(=O)OCC. The van der Waals surface area contributed by atoms with Crippen LogP contribution in [0.5, 0.6) is 0 Å². The number of esters is 2. The van der Waals surface area contributed by atoms with Crippen molar-refractivity contribution in [1.29, 1.82) is 0 Å². The van der Waals surface area contributed by atoms with E-state index in [9.17, 15) is 14.4 Å². The lowest BCUT2D eigenvalue weighted by Gasteiger charge is -2.23. The highest BCUT2D eigenvalue weighted by Gasteiger charge is 2.15. The van der Waals surface area contributed by atoms with Crippen LogP contribution in [-0.2, 0) is 23.9 Å². The quantitative estimate of drug-likeness (QED) is 0.0845. The van der Waals surface area contributed by atoms with Crippen LogP contribution in [0.25, 0.3) is 0 Å². The molecule has 0 saturated heterocycles. The zero-order valence-corrected chi connectivity index (χ0v) is 25.6. The summed E-state index contributed by atoms with van der Waals surface area (Å²) in [6.07, 6.45) is 9.50. The Morgan fingerprint density at radius 2 is 1.28 bits per heavy atom. The summed E-state index contributed by atoms with van der Waals surface area (Å²) in [5, 5.41) is 0. The second-order valence-corrected chi connectivity index (χ2v) is 11.3. The molecule has 0 aliphatic carbocycles. The van der Waals surface area contributed by atoms with Gasteiger partial charge in [-0.15, -0.1) is 0 Å². The second kappa shape index (κ2) is 28.6. The molecule has 0 aromatic heterocycles. The monoisotopic (exact) mass is 550 g/mol. The van der Waals surface area contributed by atoms with Gasteiger partial charge in [0.2, 0.25) is 5.91 Å². The molecule has 0 spiro atoms. The molecule has 0 saturated carbocycles. The molecule has 0 aromatic rings. The lowest BCUT2D eigenvalue weighted by Crippen LogP contribution is -2.35. The smallest absolute Gasteiger partial charge is 0.307 e. The number of nitrogens with zero attached hydrogens (tertiary/aromatic N) is 2. The molecule has 0 atom stereocenters. The Kier molecular flexibility index (Phi) is 29.6. The first-order valence-electron chi connectivity index (χ1n) is 13.9. The maximum absolute atomic E-state index is 12.7. The zero-order valence-electron chi connectivity index (χ0n) is 24.0. The topological polar surface area (TPSA) is 76.2 Å². The van der Waals surface area contributed by atoms with Crippen molar-refractivity contribution in [3.8, 4) is 0 Å². The van der Waals surface area contributed by atoms with Crippen LogP contribution in [0.3, 0.4) is 0 Å². The molecule has 36 heavy (non-hydrogen) atoms. The summed E-state index contributed by atoms with van der Waals surface area (Å²) in [6.45, 7) is 10.9. The van der Waals surface area contributed by atoms with E-state index in [2.05, 4.69) is 11.8 Å². The number of hydrogen-bond donors (Lipinski definition) is 0. The highest BCUT2D eigenvalue weighted by atomic mass is 33.1. The third-order valence-corrected chi connectivity index (χ3v) is 7.68. The van der Waals surface area contributed by atoms with Crippen LogP contribution in [0.4, 0.5) is 0 Å². The fourth-order valence-electron chi connectivity index (χ4n) is 3.20. The number of unbranched alkanes of at least 4 members (excludes halogenated alkanes) is 4. The molecule has 0 N–H and O–H groups in total. The van der Waals surface area contributed by atoms with E-state index in [0.717, 1.165) is 50.2 Å². The van der Waals surface area contributed by atoms with Crippen molar-refractivity contribution >= 4 is 39.4 Å². The molecule has 214 valence electrons. The van der Waals surface area contributed by atoms with Gasteiger partial charge in [-0.05, 0) is 53.2 Å². The Morgan fingerprint density at radius 1 is 0.667 bits per heavy atom. The zero-order chi connectivity index (χ0) is 27.4. The van der Waals surface area contributed by atoms with Crippen molar-refractivity contribution in [2.24, 2.45) is 0 Å². The van der Waals surface area contributed by atoms with Crippen molar-refractivity contribution in [2.45, 2.75) is 98.3 Å². The molecule has 0 aliphatic rings. The molecule has 0 aliphatic heterocycles. The number of hydrogen-bond acceptors (Lipinski definition) is 8. The predicted octanol–water partition coefficient (Wildman–Crippen LogP) is 6.20. The lowest BCUT2D eigenvalue weighted by molar-refractivity contribution is -0.145. The molecule has 7 nitrogen and oxygen atoms in total. The molecule has 1 amide bonds. The van der Waals surface area contributed by atoms with E-state index in [1.54, 1.807) is 33.4 Å². The van der Waals surface area contributed by atoms with E-state index in [0.29, 0.717) is 39.1 Å². The predicted molar refractivity (Wildman–Crippen MR) is 155 cm³/mol. The fraction of sp³-hybridized carbons (Fsp3) is 0.889. The first kappa shape index (κ1) is 37.2. The first-order valence-corrected chi connectivity index (χ1v) is 16.4. The van der Waals surface area contributed by atoms with Crippen LogP contribution in [0.15, 0.2) is 0 Å². The van der Waals surface area contributed by atoms with Gasteiger partial charge in [-0.2, -0.15) is 0 Å². The van der Waals surface area contributed by atoms with E-state index >= 15 is 0 Å². The van der Waals surface area contributed by atoms with Crippen molar-refractivity contribution in [3.05, 3.63) is 0 Å². The number of carbonyl (C=O) groups is 3. The maximum atomic E-state index is 12.7. The summed E-state index contributed by atoms with van der Waals surface area (Å²) in [5.74, 6) is 1.55. The highest BCUT2D eigenvalue weighted by Crippen LogP contribution is 2.24. The second-order valence-electron chi connectivity index (χ2n) is 8.58. The number of amides is 1. The van der Waals surface area contributed by atoms with Gasteiger partial charge < -0.3 is 19.3 Å². The van der Waals surface area contributed by atoms with Gasteiger partial charge in [0.15, 0.2) is 0 Å². The number of rotatable bonds is 23. The molecular formula is C27H54N2O5S2. The molecule has 9 heteroatoms. The Balaban J connectivity index is 0. The maximum Gasteiger partial charge on any atom is 0.307 e. The van der Waals surface area contributed by atoms with E-state index in [1.807, 2.05) is 27.9 Å². The van der Waals surface area contributed by atoms with Crippen LogP contribution >= 0.6 is 21.6 Å². The van der Waals surface area contributed by atoms with Crippen LogP contribution in [0.1, 0.15) is 98.3 Å². The summed E-state index contributed by atoms with van der Waals surface area (Å²) in [7, 11) is 7.52. The Bertz CT molecular complexity index is 536. The van der Waals surface area contributed by atoms with Gasteiger partial charge in [-0.25, -0.2) is 0 Å². The third kappa shape index (κ3) is 26.1. The minimum Gasteiger partial charge on any atom is -0.466 e. The van der Waals surface area contributed by atoms with E-state index in [-0.39, 0.29) is 24.3 Å². The molecule has 0 heterocycles. The van der Waals surface area contributed by atoms with Gasteiger partial charge in [0.1, 0.15) is 0 Å². The number of ether oxygens (including phenoxy) is 2. The molecular weight excluding hydrogens is 496 g/mol. The standard InChI is InChI=1S/C25H48N2O5S2.C2H6/c1-5-7-8-9-10-20-32-24(29)15-12-22-34-33-21-11-14-23(28)27(18-13-17-26(3)4)19-16-25(30)31-6-2;1-2/h5-22H2,1-4H3;1-2H3. The minimum atomic E-state index is -0.254. The summed E-state index contributed by atoms with van der Waals surface area (Å²) in [5.41, 5.74) is 0. The normalized spacial score (nSPS) is 10.5. The Hall–Kier alpha value is -0.930. The van der Waals surface area contributed by atoms with Gasteiger partial charge in [-0.3, -0.25) is 14.4 Å². The van der Waals surface area contributed by atoms with Crippen LogP contribution in [0.2, 0.25) is 0 Å². The van der Waals surface area contributed by atoms with Crippen molar-refractivity contribution in [3.63, 3.8) is 0 Å². The molecule has 0 bridgehead atoms. The number of carbonyl (C=O) groups excluding carboxylic acids is 3. The van der Waals surface area contributed by atoms with Crippen LogP contribution in [-0.4, -0.2) is 86.1 Å². The van der Waals surface area contributed by atoms with Crippen molar-refractivity contribution in [2.75, 3.05) is 58.4 Å². The summed E-state index contributed by atoms with van der Waals surface area (Å²) in [6, 6.07) is 0. The summed E-state index contributed by atoms with van der Waals surface area (Å²) in [4.78, 5) is 40.0. The molecule has 0 rings (SSSR count). The van der Waals surface area contributed by atoms with E-state index in [1.165, 1.54) is 19.3 Å². The van der Waals surface area contributed by atoms with Gasteiger partial charge in [-0.1, -0.05) is 68.0 Å². The van der Waals surface area contributed by atoms with Gasteiger partial charge in [0.05, 0.1) is 19.6 Å². The molecule has 0 fully saturated rings. The average molecular weight is 551 g/mol. The Morgan fingerprint density at radius 3 is 1.89 bits per heavy atom. The molecule has 0 unspecified atom stereocenters. The molecule has 0 aromatic carbocycles. The Labute approximate surface area is 229 Å². The third-order valence-electron chi connectivity index (χ3n) is 5.10. The average Bonchev–Trinajstić information content (AvgIpc) is 2.86. The van der Waals surface area contributed by atoms with E-state index in [4.69, 9.17) is 9.47 Å². The fourth-order valence-corrected chi connectivity index (χ4v) is 5.37. The van der Waals surface area contributed by atoms with Gasteiger partial charge in [0.25, 0.3) is 0 Å². The lowest BCUT2D eigenvalue weighted by atomic mass is 10.2. The summed E-state index contributed by atoms with van der Waals surface area (Å²) >= 11 is 0. The largest absolute Gasteiger partial charge is 0.466 e. The van der Waals surface area contributed by atoms with Crippen molar-refractivity contribution < 1.29 is 23.9 Å². The van der Waals surface area contributed by atoms with Crippen LogP contribution in [0, 0.1) is 0 Å². The van der Waals surface area contributed by atoms with Gasteiger partial charge in [0, 0.05) is 37.4 Å². The summed E-state index contributed by atoms with van der Waals surface area (Å²) < 4.78 is 10.3. The first-order chi connectivity index (χ1) is 17.4.